The van der Waals surface area contributed by atoms with E-state index in [-0.39, 0.29) is 11.8 Å². The Balaban J connectivity index is 1.81. The minimum atomic E-state index is -0.268. The number of hydrogen-bond donors (Lipinski definition) is 1. The molecule has 6 heteroatoms. The molecule has 1 N–H and O–H groups in total. The van der Waals surface area contributed by atoms with Gasteiger partial charge in [0.05, 0.1) is 11.3 Å². The SMILES string of the molecule is CCN(Cc1ccc(CN(C)C)cc1)C(=O)c1cccc(C)c1NC(=O)c1ccncc1. The van der Waals surface area contributed by atoms with Gasteiger partial charge in [-0.3, -0.25) is 14.6 Å². The summed E-state index contributed by atoms with van der Waals surface area (Å²) in [6.45, 7) is 5.79. The maximum Gasteiger partial charge on any atom is 0.256 e. The second kappa shape index (κ2) is 10.7. The van der Waals surface area contributed by atoms with Crippen LogP contribution in [0.5, 0.6) is 0 Å². The van der Waals surface area contributed by atoms with Gasteiger partial charge in [0, 0.05) is 37.6 Å². The zero-order valence-corrected chi connectivity index (χ0v) is 19.1. The molecule has 0 bridgehead atoms. The Kier molecular flexibility index (Phi) is 7.73. The van der Waals surface area contributed by atoms with Crippen LogP contribution in [-0.4, -0.2) is 47.2 Å². The van der Waals surface area contributed by atoms with E-state index in [2.05, 4.69) is 39.5 Å². The molecule has 2 aromatic carbocycles. The molecule has 0 aliphatic rings. The number of aryl methyl sites for hydroxylation is 1. The summed E-state index contributed by atoms with van der Waals surface area (Å²) < 4.78 is 0. The van der Waals surface area contributed by atoms with E-state index in [0.717, 1.165) is 17.7 Å². The van der Waals surface area contributed by atoms with E-state index in [9.17, 15) is 9.59 Å². The highest BCUT2D eigenvalue weighted by Crippen LogP contribution is 2.24. The zero-order chi connectivity index (χ0) is 23.1. The molecule has 6 nitrogen and oxygen atoms in total. The van der Waals surface area contributed by atoms with Crippen LogP contribution in [0, 0.1) is 6.92 Å². The van der Waals surface area contributed by atoms with Crippen molar-refractivity contribution in [2.24, 2.45) is 0 Å². The molecule has 0 saturated carbocycles. The molecule has 0 radical (unpaired) electrons. The lowest BCUT2D eigenvalue weighted by Gasteiger charge is -2.23. The summed E-state index contributed by atoms with van der Waals surface area (Å²) in [5, 5.41) is 2.93. The normalized spacial score (nSPS) is 10.8. The Morgan fingerprint density at radius 3 is 2.12 bits per heavy atom. The maximum atomic E-state index is 13.4. The topological polar surface area (TPSA) is 65.5 Å². The third-order valence-electron chi connectivity index (χ3n) is 5.25. The predicted molar refractivity (Wildman–Crippen MR) is 128 cm³/mol. The lowest BCUT2D eigenvalue weighted by Crippen LogP contribution is -2.31. The van der Waals surface area contributed by atoms with Crippen molar-refractivity contribution in [3.05, 3.63) is 94.8 Å². The Hall–Kier alpha value is -3.51. The molecular formula is C26H30N4O2. The van der Waals surface area contributed by atoms with Gasteiger partial charge in [0.25, 0.3) is 11.8 Å². The Morgan fingerprint density at radius 1 is 0.906 bits per heavy atom. The van der Waals surface area contributed by atoms with Crippen LogP contribution < -0.4 is 5.32 Å². The molecule has 166 valence electrons. The molecule has 2 amide bonds. The molecule has 1 aromatic heterocycles. The van der Waals surface area contributed by atoms with Gasteiger partial charge in [0.1, 0.15) is 0 Å². The number of pyridine rings is 1. The molecule has 0 atom stereocenters. The largest absolute Gasteiger partial charge is 0.335 e. The third kappa shape index (κ3) is 5.80. The summed E-state index contributed by atoms with van der Waals surface area (Å²) in [5.41, 5.74) is 4.65. The van der Waals surface area contributed by atoms with Gasteiger partial charge in [0.2, 0.25) is 0 Å². The summed E-state index contributed by atoms with van der Waals surface area (Å²) in [6, 6.07) is 17.1. The van der Waals surface area contributed by atoms with Gasteiger partial charge in [0.15, 0.2) is 0 Å². The molecule has 0 fully saturated rings. The number of aromatic nitrogens is 1. The van der Waals surface area contributed by atoms with Crippen LogP contribution in [0.25, 0.3) is 0 Å². The number of amides is 2. The van der Waals surface area contributed by atoms with Crippen molar-refractivity contribution < 1.29 is 9.59 Å². The highest BCUT2D eigenvalue weighted by atomic mass is 16.2. The first-order valence-corrected chi connectivity index (χ1v) is 10.7. The summed E-state index contributed by atoms with van der Waals surface area (Å²) >= 11 is 0. The second-order valence-electron chi connectivity index (χ2n) is 8.06. The van der Waals surface area contributed by atoms with Gasteiger partial charge in [-0.15, -0.1) is 0 Å². The fourth-order valence-electron chi connectivity index (χ4n) is 3.53. The number of carbonyl (C=O) groups is 2. The Labute approximate surface area is 189 Å². The van der Waals surface area contributed by atoms with Crippen molar-refractivity contribution in [1.29, 1.82) is 0 Å². The van der Waals surface area contributed by atoms with E-state index in [1.807, 2.05) is 40.1 Å². The van der Waals surface area contributed by atoms with Gasteiger partial charge in [-0.05, 0) is 62.8 Å². The third-order valence-corrected chi connectivity index (χ3v) is 5.25. The average molecular weight is 431 g/mol. The van der Waals surface area contributed by atoms with Crippen LogP contribution in [0.1, 0.15) is 44.3 Å². The summed E-state index contributed by atoms with van der Waals surface area (Å²) in [7, 11) is 4.08. The van der Waals surface area contributed by atoms with Gasteiger partial charge in [-0.1, -0.05) is 36.4 Å². The van der Waals surface area contributed by atoms with E-state index < -0.39 is 0 Å². The number of nitrogens with one attached hydrogen (secondary N) is 1. The molecular weight excluding hydrogens is 400 g/mol. The maximum absolute atomic E-state index is 13.4. The fourth-order valence-corrected chi connectivity index (χ4v) is 3.53. The molecule has 0 spiro atoms. The smallest absolute Gasteiger partial charge is 0.256 e. The standard InChI is InChI=1S/C26H30N4O2/c1-5-30(18-21-11-9-20(10-12-21)17-29(3)4)26(32)23-8-6-7-19(2)24(23)28-25(31)22-13-15-27-16-14-22/h6-16H,5,17-18H2,1-4H3,(H,28,31). The van der Waals surface area contributed by atoms with Crippen molar-refractivity contribution >= 4 is 17.5 Å². The molecule has 3 rings (SSSR count). The summed E-state index contributed by atoms with van der Waals surface area (Å²) in [5.74, 6) is -0.381. The fraction of sp³-hybridized carbons (Fsp3) is 0.269. The highest BCUT2D eigenvalue weighted by molar-refractivity contribution is 6.09. The second-order valence-corrected chi connectivity index (χ2v) is 8.06. The van der Waals surface area contributed by atoms with Gasteiger partial charge >= 0.3 is 0 Å². The van der Waals surface area contributed by atoms with E-state index >= 15 is 0 Å². The first-order valence-electron chi connectivity index (χ1n) is 10.7. The monoisotopic (exact) mass is 430 g/mol. The summed E-state index contributed by atoms with van der Waals surface area (Å²) in [6.07, 6.45) is 3.14. The van der Waals surface area contributed by atoms with E-state index in [1.54, 1.807) is 35.5 Å². The number of nitrogens with zero attached hydrogens (tertiary/aromatic N) is 3. The lowest BCUT2D eigenvalue weighted by molar-refractivity contribution is 0.0753. The highest BCUT2D eigenvalue weighted by Gasteiger charge is 2.21. The van der Waals surface area contributed by atoms with Gasteiger partial charge < -0.3 is 15.1 Å². The van der Waals surface area contributed by atoms with Crippen molar-refractivity contribution in [3.63, 3.8) is 0 Å². The average Bonchev–Trinajstić information content (AvgIpc) is 2.79. The molecule has 0 aliphatic heterocycles. The van der Waals surface area contributed by atoms with Crippen molar-refractivity contribution in [2.45, 2.75) is 26.9 Å². The van der Waals surface area contributed by atoms with Crippen LogP contribution >= 0.6 is 0 Å². The number of rotatable bonds is 8. The Morgan fingerprint density at radius 2 is 1.53 bits per heavy atom. The molecule has 32 heavy (non-hydrogen) atoms. The van der Waals surface area contributed by atoms with Crippen LogP contribution in [0.3, 0.4) is 0 Å². The van der Waals surface area contributed by atoms with E-state index in [4.69, 9.17) is 0 Å². The summed E-state index contributed by atoms with van der Waals surface area (Å²) in [4.78, 5) is 34.0. The predicted octanol–water partition coefficient (Wildman–Crippen LogP) is 4.37. The number of benzene rings is 2. The van der Waals surface area contributed by atoms with Crippen LogP contribution in [-0.2, 0) is 13.1 Å². The minimum Gasteiger partial charge on any atom is -0.335 e. The molecule has 3 aromatic rings. The number of carbonyl (C=O) groups excluding carboxylic acids is 2. The number of para-hydroxylation sites is 1. The van der Waals surface area contributed by atoms with Crippen molar-refractivity contribution in [3.8, 4) is 0 Å². The zero-order valence-electron chi connectivity index (χ0n) is 19.1. The van der Waals surface area contributed by atoms with Gasteiger partial charge in [-0.2, -0.15) is 0 Å². The van der Waals surface area contributed by atoms with E-state index in [1.165, 1.54) is 5.56 Å². The molecule has 0 saturated heterocycles. The minimum absolute atomic E-state index is 0.112. The lowest BCUT2D eigenvalue weighted by atomic mass is 10.1. The Bertz CT molecular complexity index is 1060. The quantitative estimate of drug-likeness (QED) is 0.576. The molecule has 1 heterocycles. The van der Waals surface area contributed by atoms with Crippen LogP contribution in [0.2, 0.25) is 0 Å². The number of anilines is 1. The van der Waals surface area contributed by atoms with Crippen molar-refractivity contribution in [1.82, 2.24) is 14.8 Å². The number of hydrogen-bond acceptors (Lipinski definition) is 4. The van der Waals surface area contributed by atoms with Crippen LogP contribution in [0.15, 0.2) is 67.0 Å². The van der Waals surface area contributed by atoms with Crippen molar-refractivity contribution in [2.75, 3.05) is 26.0 Å². The molecule has 0 unspecified atom stereocenters. The van der Waals surface area contributed by atoms with Gasteiger partial charge in [-0.25, -0.2) is 0 Å². The van der Waals surface area contributed by atoms with Crippen LogP contribution in [0.4, 0.5) is 5.69 Å². The first kappa shape index (κ1) is 23.2. The first-order chi connectivity index (χ1) is 15.4. The van der Waals surface area contributed by atoms with E-state index in [0.29, 0.717) is 29.9 Å². The molecule has 0 aliphatic carbocycles.